The molecule has 3 heteroatoms. The Morgan fingerprint density at radius 3 is 2.44 bits per heavy atom. The first kappa shape index (κ1) is 13.4. The fourth-order valence-corrected chi connectivity index (χ4v) is 1.86. The minimum Gasteiger partial charge on any atom is -0.508 e. The summed E-state index contributed by atoms with van der Waals surface area (Å²) in [4.78, 5) is 0. The van der Waals surface area contributed by atoms with E-state index in [9.17, 15) is 5.11 Å². The number of benzene rings is 1. The minimum absolute atomic E-state index is 0.326. The average Bonchev–Trinajstić information content (AvgIpc) is 2.29. The molecule has 0 aliphatic heterocycles. The molecule has 0 saturated heterocycles. The standard InChI is InChI=1S/C13H21NOS/c1-10(16-3)8-9-14-11(2)12-4-6-13(15)7-5-12/h4-7,10-11,14-15H,8-9H2,1-3H3. The third-order valence-corrected chi connectivity index (χ3v) is 3.84. The number of rotatable bonds is 6. The van der Waals surface area contributed by atoms with Gasteiger partial charge in [0.15, 0.2) is 0 Å². The van der Waals surface area contributed by atoms with Gasteiger partial charge in [-0.3, -0.25) is 0 Å². The Morgan fingerprint density at radius 1 is 1.25 bits per heavy atom. The van der Waals surface area contributed by atoms with Crippen molar-refractivity contribution in [3.8, 4) is 5.75 Å². The van der Waals surface area contributed by atoms with Crippen LogP contribution in [-0.4, -0.2) is 23.2 Å². The van der Waals surface area contributed by atoms with E-state index in [1.807, 2.05) is 23.9 Å². The lowest BCUT2D eigenvalue weighted by Gasteiger charge is -2.15. The molecule has 0 radical (unpaired) electrons. The van der Waals surface area contributed by atoms with E-state index < -0.39 is 0 Å². The lowest BCUT2D eigenvalue weighted by Crippen LogP contribution is -2.21. The van der Waals surface area contributed by atoms with Crippen LogP contribution in [0.2, 0.25) is 0 Å². The number of phenols is 1. The Balaban J connectivity index is 2.35. The van der Waals surface area contributed by atoms with Crippen LogP contribution in [0, 0.1) is 0 Å². The minimum atomic E-state index is 0.326. The number of phenolic OH excluding ortho intramolecular Hbond substituents is 1. The van der Waals surface area contributed by atoms with Crippen LogP contribution in [-0.2, 0) is 0 Å². The maximum atomic E-state index is 9.20. The predicted molar refractivity (Wildman–Crippen MR) is 72.1 cm³/mol. The summed E-state index contributed by atoms with van der Waals surface area (Å²) in [6, 6.07) is 7.74. The largest absolute Gasteiger partial charge is 0.508 e. The summed E-state index contributed by atoms with van der Waals surface area (Å²) in [7, 11) is 0. The Labute approximate surface area is 102 Å². The van der Waals surface area contributed by atoms with E-state index in [1.165, 1.54) is 12.0 Å². The highest BCUT2D eigenvalue weighted by atomic mass is 32.2. The van der Waals surface area contributed by atoms with E-state index in [0.717, 1.165) is 6.54 Å². The van der Waals surface area contributed by atoms with Gasteiger partial charge in [-0.05, 0) is 43.8 Å². The Kier molecular flexibility index (Phi) is 5.71. The second kappa shape index (κ2) is 6.81. The molecule has 0 aliphatic rings. The van der Waals surface area contributed by atoms with Gasteiger partial charge in [-0.15, -0.1) is 0 Å². The van der Waals surface area contributed by atoms with Gasteiger partial charge in [0.05, 0.1) is 0 Å². The van der Waals surface area contributed by atoms with E-state index in [0.29, 0.717) is 17.0 Å². The van der Waals surface area contributed by atoms with Crippen LogP contribution in [0.5, 0.6) is 5.75 Å². The molecular formula is C13H21NOS. The van der Waals surface area contributed by atoms with Crippen molar-refractivity contribution in [3.05, 3.63) is 29.8 Å². The number of hydrogen-bond donors (Lipinski definition) is 2. The zero-order valence-electron chi connectivity index (χ0n) is 10.2. The summed E-state index contributed by atoms with van der Waals surface area (Å²) in [6.07, 6.45) is 3.33. The van der Waals surface area contributed by atoms with Gasteiger partial charge in [0.1, 0.15) is 5.75 Å². The quantitative estimate of drug-likeness (QED) is 0.799. The maximum absolute atomic E-state index is 9.20. The van der Waals surface area contributed by atoms with E-state index in [4.69, 9.17) is 0 Å². The van der Waals surface area contributed by atoms with Crippen molar-refractivity contribution >= 4 is 11.8 Å². The van der Waals surface area contributed by atoms with Crippen LogP contribution in [0.25, 0.3) is 0 Å². The van der Waals surface area contributed by atoms with Gasteiger partial charge in [0.25, 0.3) is 0 Å². The Bertz CT molecular complexity index is 299. The van der Waals surface area contributed by atoms with Crippen LogP contribution < -0.4 is 5.32 Å². The molecule has 2 nitrogen and oxygen atoms in total. The van der Waals surface area contributed by atoms with Gasteiger partial charge >= 0.3 is 0 Å². The monoisotopic (exact) mass is 239 g/mol. The number of aromatic hydroxyl groups is 1. The highest BCUT2D eigenvalue weighted by molar-refractivity contribution is 7.99. The van der Waals surface area contributed by atoms with Gasteiger partial charge in [0.2, 0.25) is 0 Å². The molecule has 0 spiro atoms. The molecule has 0 amide bonds. The fourth-order valence-electron chi connectivity index (χ4n) is 1.50. The molecule has 0 saturated carbocycles. The molecule has 1 aromatic rings. The van der Waals surface area contributed by atoms with Gasteiger partial charge in [-0.2, -0.15) is 11.8 Å². The lowest BCUT2D eigenvalue weighted by molar-refractivity contribution is 0.474. The molecule has 1 aromatic carbocycles. The zero-order chi connectivity index (χ0) is 12.0. The van der Waals surface area contributed by atoms with Crippen molar-refractivity contribution in [2.75, 3.05) is 12.8 Å². The van der Waals surface area contributed by atoms with Crippen molar-refractivity contribution in [2.45, 2.75) is 31.6 Å². The Hall–Kier alpha value is -0.670. The predicted octanol–water partition coefficient (Wildman–Crippen LogP) is 3.18. The van der Waals surface area contributed by atoms with Crippen molar-refractivity contribution in [3.63, 3.8) is 0 Å². The molecule has 0 heterocycles. The second-order valence-corrected chi connectivity index (χ2v) is 5.38. The number of hydrogen-bond acceptors (Lipinski definition) is 3. The third kappa shape index (κ3) is 4.45. The molecule has 0 fully saturated rings. The lowest BCUT2D eigenvalue weighted by atomic mass is 10.1. The summed E-state index contributed by atoms with van der Waals surface area (Å²) < 4.78 is 0. The fraction of sp³-hybridized carbons (Fsp3) is 0.538. The van der Waals surface area contributed by atoms with E-state index in [-0.39, 0.29) is 0 Å². The number of thioether (sulfide) groups is 1. The molecule has 0 aromatic heterocycles. The maximum Gasteiger partial charge on any atom is 0.115 e. The first-order valence-electron chi connectivity index (χ1n) is 5.68. The molecule has 90 valence electrons. The molecule has 0 aliphatic carbocycles. The molecule has 2 unspecified atom stereocenters. The highest BCUT2D eigenvalue weighted by Crippen LogP contribution is 2.16. The third-order valence-electron chi connectivity index (χ3n) is 2.80. The molecular weight excluding hydrogens is 218 g/mol. The first-order valence-corrected chi connectivity index (χ1v) is 6.97. The van der Waals surface area contributed by atoms with Crippen molar-refractivity contribution < 1.29 is 5.11 Å². The summed E-state index contributed by atoms with van der Waals surface area (Å²) in [5, 5.41) is 13.4. The smallest absolute Gasteiger partial charge is 0.115 e. The molecule has 2 atom stereocenters. The van der Waals surface area contributed by atoms with E-state index in [1.54, 1.807) is 12.1 Å². The molecule has 0 bridgehead atoms. The van der Waals surface area contributed by atoms with Gasteiger partial charge in [-0.1, -0.05) is 19.1 Å². The van der Waals surface area contributed by atoms with Crippen LogP contribution in [0.1, 0.15) is 31.9 Å². The summed E-state index contributed by atoms with van der Waals surface area (Å²) in [6.45, 7) is 5.43. The van der Waals surface area contributed by atoms with Gasteiger partial charge in [0, 0.05) is 11.3 Å². The van der Waals surface area contributed by atoms with Crippen LogP contribution in [0.4, 0.5) is 0 Å². The van der Waals surface area contributed by atoms with Crippen LogP contribution in [0.3, 0.4) is 0 Å². The van der Waals surface area contributed by atoms with E-state index >= 15 is 0 Å². The van der Waals surface area contributed by atoms with Crippen molar-refractivity contribution in [1.29, 1.82) is 0 Å². The Morgan fingerprint density at radius 2 is 1.88 bits per heavy atom. The van der Waals surface area contributed by atoms with Crippen molar-refractivity contribution in [1.82, 2.24) is 5.32 Å². The van der Waals surface area contributed by atoms with Crippen LogP contribution in [0.15, 0.2) is 24.3 Å². The first-order chi connectivity index (χ1) is 7.63. The number of nitrogens with one attached hydrogen (secondary N) is 1. The SMILES string of the molecule is CSC(C)CCNC(C)c1ccc(O)cc1. The van der Waals surface area contributed by atoms with E-state index in [2.05, 4.69) is 25.4 Å². The second-order valence-electron chi connectivity index (χ2n) is 4.10. The topological polar surface area (TPSA) is 32.3 Å². The summed E-state index contributed by atoms with van der Waals surface area (Å²) >= 11 is 1.90. The molecule has 1 rings (SSSR count). The molecule has 16 heavy (non-hydrogen) atoms. The van der Waals surface area contributed by atoms with Crippen LogP contribution >= 0.6 is 11.8 Å². The summed E-state index contributed by atoms with van der Waals surface area (Å²) in [5.74, 6) is 0.326. The normalized spacial score (nSPS) is 14.7. The summed E-state index contributed by atoms with van der Waals surface area (Å²) in [5.41, 5.74) is 1.22. The van der Waals surface area contributed by atoms with Gasteiger partial charge in [-0.25, -0.2) is 0 Å². The van der Waals surface area contributed by atoms with Crippen molar-refractivity contribution in [2.24, 2.45) is 0 Å². The highest BCUT2D eigenvalue weighted by Gasteiger charge is 2.05. The average molecular weight is 239 g/mol. The zero-order valence-corrected chi connectivity index (χ0v) is 11.1. The van der Waals surface area contributed by atoms with Gasteiger partial charge < -0.3 is 10.4 Å². The molecule has 2 N–H and O–H groups in total.